The van der Waals surface area contributed by atoms with E-state index in [-0.39, 0.29) is 17.9 Å². The van der Waals surface area contributed by atoms with Crippen LogP contribution in [0.3, 0.4) is 0 Å². The molecule has 2 amide bonds. The van der Waals surface area contributed by atoms with Crippen molar-refractivity contribution in [1.29, 1.82) is 0 Å². The van der Waals surface area contributed by atoms with E-state index in [1.807, 2.05) is 24.3 Å². The third-order valence-electron chi connectivity index (χ3n) is 5.29. The maximum Gasteiger partial charge on any atom is 0.251 e. The highest BCUT2D eigenvalue weighted by Gasteiger charge is 2.25. The number of carbonyl (C=O) groups excluding carboxylic acids is 2. The van der Waals surface area contributed by atoms with E-state index in [0.717, 1.165) is 36.9 Å². The van der Waals surface area contributed by atoms with E-state index in [9.17, 15) is 9.59 Å². The standard InChI is InChI=1S/C21H22N2O2/c1-14(24)23-12-11-16-13-17(9-10-20(16)23)21(25)22-19-8-4-6-15-5-2-3-7-18(15)19/h2-3,5,7,9-10,13,19H,4,6,8,11-12H2,1H3,(H,22,25). The van der Waals surface area contributed by atoms with Crippen molar-refractivity contribution >= 4 is 17.5 Å². The molecular weight excluding hydrogens is 312 g/mol. The molecule has 0 saturated heterocycles. The summed E-state index contributed by atoms with van der Waals surface area (Å²) in [5.74, 6) is 0.0144. The highest BCUT2D eigenvalue weighted by molar-refractivity contribution is 5.98. The summed E-state index contributed by atoms with van der Waals surface area (Å²) < 4.78 is 0. The Morgan fingerprint density at radius 2 is 1.92 bits per heavy atom. The fraction of sp³-hybridized carbons (Fsp3) is 0.333. The quantitative estimate of drug-likeness (QED) is 0.915. The maximum atomic E-state index is 12.7. The molecule has 2 aliphatic rings. The molecule has 2 aromatic carbocycles. The van der Waals surface area contributed by atoms with Crippen LogP contribution in [0.15, 0.2) is 42.5 Å². The second kappa shape index (κ2) is 6.36. The Kier molecular flexibility index (Phi) is 4.04. The van der Waals surface area contributed by atoms with Crippen LogP contribution in [0.4, 0.5) is 5.69 Å². The van der Waals surface area contributed by atoms with E-state index < -0.39 is 0 Å². The third-order valence-corrected chi connectivity index (χ3v) is 5.29. The van der Waals surface area contributed by atoms with Crippen molar-refractivity contribution in [3.8, 4) is 0 Å². The molecule has 0 spiro atoms. The van der Waals surface area contributed by atoms with Crippen LogP contribution in [0.1, 0.15) is 52.9 Å². The number of aryl methyl sites for hydroxylation is 1. The van der Waals surface area contributed by atoms with Crippen LogP contribution in [-0.4, -0.2) is 18.4 Å². The van der Waals surface area contributed by atoms with E-state index in [1.54, 1.807) is 11.8 Å². The van der Waals surface area contributed by atoms with Crippen LogP contribution >= 0.6 is 0 Å². The number of rotatable bonds is 2. The minimum Gasteiger partial charge on any atom is -0.345 e. The summed E-state index contributed by atoms with van der Waals surface area (Å²) in [7, 11) is 0. The van der Waals surface area contributed by atoms with Gasteiger partial charge in [0.15, 0.2) is 0 Å². The van der Waals surface area contributed by atoms with E-state index in [2.05, 4.69) is 23.5 Å². The van der Waals surface area contributed by atoms with Gasteiger partial charge in [0.25, 0.3) is 5.91 Å². The Morgan fingerprint density at radius 1 is 1.08 bits per heavy atom. The van der Waals surface area contributed by atoms with Gasteiger partial charge in [-0.1, -0.05) is 24.3 Å². The molecule has 1 N–H and O–H groups in total. The Morgan fingerprint density at radius 3 is 2.76 bits per heavy atom. The topological polar surface area (TPSA) is 49.4 Å². The zero-order valence-electron chi connectivity index (χ0n) is 14.4. The lowest BCUT2D eigenvalue weighted by atomic mass is 9.87. The summed E-state index contributed by atoms with van der Waals surface area (Å²) in [5, 5.41) is 3.20. The fourth-order valence-corrected chi connectivity index (χ4v) is 4.02. The van der Waals surface area contributed by atoms with E-state index in [1.165, 1.54) is 11.1 Å². The second-order valence-corrected chi connectivity index (χ2v) is 6.88. The maximum absolute atomic E-state index is 12.7. The summed E-state index contributed by atoms with van der Waals surface area (Å²) >= 11 is 0. The van der Waals surface area contributed by atoms with Crippen LogP contribution < -0.4 is 10.2 Å². The molecule has 128 valence electrons. The number of nitrogens with one attached hydrogen (secondary N) is 1. The lowest BCUT2D eigenvalue weighted by molar-refractivity contribution is -0.116. The molecule has 25 heavy (non-hydrogen) atoms. The van der Waals surface area contributed by atoms with E-state index >= 15 is 0 Å². The average Bonchev–Trinajstić information content (AvgIpc) is 3.05. The van der Waals surface area contributed by atoms with Crippen molar-refractivity contribution in [1.82, 2.24) is 5.32 Å². The summed E-state index contributed by atoms with van der Waals surface area (Å²) in [5.41, 5.74) is 5.27. The summed E-state index contributed by atoms with van der Waals surface area (Å²) in [4.78, 5) is 26.2. The van der Waals surface area contributed by atoms with Crippen molar-refractivity contribution in [2.24, 2.45) is 0 Å². The van der Waals surface area contributed by atoms with Crippen molar-refractivity contribution < 1.29 is 9.59 Å². The van der Waals surface area contributed by atoms with Gasteiger partial charge in [-0.3, -0.25) is 9.59 Å². The van der Waals surface area contributed by atoms with Gasteiger partial charge >= 0.3 is 0 Å². The van der Waals surface area contributed by atoms with Gasteiger partial charge in [0.05, 0.1) is 6.04 Å². The monoisotopic (exact) mass is 334 g/mol. The average molecular weight is 334 g/mol. The van der Waals surface area contributed by atoms with Crippen molar-refractivity contribution in [3.63, 3.8) is 0 Å². The molecule has 4 heteroatoms. The Hall–Kier alpha value is -2.62. The highest BCUT2D eigenvalue weighted by Crippen LogP contribution is 2.31. The lowest BCUT2D eigenvalue weighted by Crippen LogP contribution is -2.31. The van der Waals surface area contributed by atoms with E-state index in [4.69, 9.17) is 0 Å². The largest absolute Gasteiger partial charge is 0.345 e. The lowest BCUT2D eigenvalue weighted by Gasteiger charge is -2.26. The van der Waals surface area contributed by atoms with Gasteiger partial charge in [0.1, 0.15) is 0 Å². The van der Waals surface area contributed by atoms with Gasteiger partial charge in [-0.2, -0.15) is 0 Å². The Bertz CT molecular complexity index is 844. The predicted molar refractivity (Wildman–Crippen MR) is 97.8 cm³/mol. The minimum atomic E-state index is -0.0363. The summed E-state index contributed by atoms with van der Waals surface area (Å²) in [6, 6.07) is 14.1. The van der Waals surface area contributed by atoms with Crippen LogP contribution in [0.2, 0.25) is 0 Å². The molecule has 1 aliphatic carbocycles. The molecule has 0 fully saturated rings. The van der Waals surface area contributed by atoms with Gasteiger partial charge in [-0.15, -0.1) is 0 Å². The highest BCUT2D eigenvalue weighted by atomic mass is 16.2. The predicted octanol–water partition coefficient (Wildman–Crippen LogP) is 3.40. The van der Waals surface area contributed by atoms with Crippen LogP contribution in [-0.2, 0) is 17.6 Å². The number of anilines is 1. The number of hydrogen-bond donors (Lipinski definition) is 1. The number of amides is 2. The summed E-state index contributed by atoms with van der Waals surface area (Å²) in [6.07, 6.45) is 3.97. The molecule has 0 aromatic heterocycles. The van der Waals surface area contributed by atoms with Gasteiger partial charge in [-0.25, -0.2) is 0 Å². The Balaban J connectivity index is 1.54. The first-order valence-corrected chi connectivity index (χ1v) is 8.93. The van der Waals surface area contributed by atoms with E-state index in [0.29, 0.717) is 12.1 Å². The van der Waals surface area contributed by atoms with Crippen molar-refractivity contribution in [2.45, 2.75) is 38.6 Å². The molecule has 0 bridgehead atoms. The zero-order chi connectivity index (χ0) is 17.4. The number of nitrogens with zero attached hydrogens (tertiary/aromatic N) is 1. The molecule has 4 nitrogen and oxygen atoms in total. The van der Waals surface area contributed by atoms with Gasteiger partial charge in [0, 0.05) is 24.7 Å². The molecular formula is C21H22N2O2. The molecule has 0 radical (unpaired) electrons. The SMILES string of the molecule is CC(=O)N1CCc2cc(C(=O)NC3CCCc4ccccc43)ccc21. The molecule has 2 aromatic rings. The number of hydrogen-bond acceptors (Lipinski definition) is 2. The first kappa shape index (κ1) is 15.9. The Labute approximate surface area is 147 Å². The molecule has 1 unspecified atom stereocenters. The number of benzene rings is 2. The minimum absolute atomic E-state index is 0.0363. The molecule has 4 rings (SSSR count). The molecule has 1 aliphatic heterocycles. The normalized spacial score (nSPS) is 18.4. The molecule has 1 atom stereocenters. The van der Waals surface area contributed by atoms with Crippen molar-refractivity contribution in [3.05, 3.63) is 64.7 Å². The van der Waals surface area contributed by atoms with Gasteiger partial charge < -0.3 is 10.2 Å². The second-order valence-electron chi connectivity index (χ2n) is 6.88. The third kappa shape index (κ3) is 2.93. The van der Waals surface area contributed by atoms with Crippen LogP contribution in [0.25, 0.3) is 0 Å². The number of carbonyl (C=O) groups is 2. The van der Waals surface area contributed by atoms with Crippen LogP contribution in [0, 0.1) is 0 Å². The molecule has 0 saturated carbocycles. The van der Waals surface area contributed by atoms with Gasteiger partial charge in [0.2, 0.25) is 5.91 Å². The first-order chi connectivity index (χ1) is 12.1. The van der Waals surface area contributed by atoms with Crippen molar-refractivity contribution in [2.75, 3.05) is 11.4 Å². The smallest absolute Gasteiger partial charge is 0.251 e. The molecule has 1 heterocycles. The fourth-order valence-electron chi connectivity index (χ4n) is 4.02. The first-order valence-electron chi connectivity index (χ1n) is 8.93. The number of fused-ring (bicyclic) bond motifs is 2. The zero-order valence-corrected chi connectivity index (χ0v) is 14.4. The van der Waals surface area contributed by atoms with Gasteiger partial charge in [-0.05, 0) is 60.6 Å². The van der Waals surface area contributed by atoms with Crippen LogP contribution in [0.5, 0.6) is 0 Å². The summed E-state index contributed by atoms with van der Waals surface area (Å²) in [6.45, 7) is 2.28.